The van der Waals surface area contributed by atoms with Gasteiger partial charge in [-0.15, -0.1) is 0 Å². The molecule has 2 unspecified atom stereocenters. The molecule has 0 aliphatic carbocycles. The zero-order valence-corrected chi connectivity index (χ0v) is 11.5. The second-order valence-corrected chi connectivity index (χ2v) is 5.17. The number of aliphatic hydroxyl groups excluding tert-OH is 1. The Balaban J connectivity index is 2.10. The highest BCUT2D eigenvalue weighted by Crippen LogP contribution is 2.27. The topological polar surface area (TPSA) is 48.0 Å². The molecule has 4 heteroatoms. The number of aliphatic hydroxyl groups is 1. The Hall–Kier alpha value is -1.03. The van der Waals surface area contributed by atoms with E-state index in [-0.39, 0.29) is 18.6 Å². The maximum absolute atomic E-state index is 9.10. The lowest BCUT2D eigenvalue weighted by Gasteiger charge is -2.18. The summed E-state index contributed by atoms with van der Waals surface area (Å²) in [5, 5.41) is 14.3. The molecule has 0 radical (unpaired) electrons. The minimum Gasteiger partial charge on any atom is -0.396 e. The molecule has 2 aromatic rings. The van der Waals surface area contributed by atoms with Crippen molar-refractivity contribution in [3.8, 4) is 0 Å². The van der Waals surface area contributed by atoms with Gasteiger partial charge in [0.05, 0.1) is 5.02 Å². The number of aromatic nitrogens is 1. The lowest BCUT2D eigenvalue weighted by atomic mass is 10.1. The maximum atomic E-state index is 9.10. The molecular formula is C14H19ClN2O. The van der Waals surface area contributed by atoms with E-state index in [2.05, 4.69) is 17.2 Å². The average molecular weight is 267 g/mol. The third-order valence-corrected chi connectivity index (χ3v) is 3.89. The van der Waals surface area contributed by atoms with Crippen molar-refractivity contribution < 1.29 is 5.11 Å². The summed E-state index contributed by atoms with van der Waals surface area (Å²) >= 11 is 6.33. The van der Waals surface area contributed by atoms with Crippen LogP contribution in [-0.4, -0.2) is 22.7 Å². The largest absolute Gasteiger partial charge is 0.396 e. The molecule has 0 saturated heterocycles. The molecule has 0 saturated carbocycles. The summed E-state index contributed by atoms with van der Waals surface area (Å²) in [6.07, 6.45) is 0. The first-order valence-electron chi connectivity index (χ1n) is 6.22. The minimum atomic E-state index is 0.189. The zero-order valence-electron chi connectivity index (χ0n) is 10.7. The van der Waals surface area contributed by atoms with Crippen molar-refractivity contribution in [3.63, 3.8) is 0 Å². The van der Waals surface area contributed by atoms with Crippen LogP contribution in [0.3, 0.4) is 0 Å². The van der Waals surface area contributed by atoms with Crippen molar-refractivity contribution in [1.29, 1.82) is 0 Å². The van der Waals surface area contributed by atoms with Gasteiger partial charge in [-0.1, -0.05) is 36.7 Å². The molecule has 1 aromatic heterocycles. The van der Waals surface area contributed by atoms with Gasteiger partial charge in [-0.05, 0) is 18.9 Å². The molecule has 1 heterocycles. The van der Waals surface area contributed by atoms with Crippen molar-refractivity contribution in [2.24, 2.45) is 5.92 Å². The first-order chi connectivity index (χ1) is 8.63. The molecule has 2 atom stereocenters. The van der Waals surface area contributed by atoms with E-state index in [1.165, 1.54) is 0 Å². The standard InChI is InChI=1S/C14H19ClN2O/c1-9(8-18)10(2)16-7-13-14(15)11-5-3-4-6-12(11)17-13/h3-6,9-10,16-18H,7-8H2,1-2H3. The Kier molecular flexibility index (Phi) is 4.27. The second kappa shape index (κ2) is 5.74. The molecular weight excluding hydrogens is 248 g/mol. The van der Waals surface area contributed by atoms with Crippen LogP contribution in [-0.2, 0) is 6.54 Å². The van der Waals surface area contributed by atoms with E-state index in [0.29, 0.717) is 6.54 Å². The van der Waals surface area contributed by atoms with Crippen LogP contribution in [0.15, 0.2) is 24.3 Å². The molecule has 1 aromatic carbocycles. The Labute approximate surface area is 112 Å². The number of benzene rings is 1. The van der Waals surface area contributed by atoms with Crippen LogP contribution in [0.1, 0.15) is 19.5 Å². The molecule has 0 aliphatic rings. The molecule has 0 amide bonds. The van der Waals surface area contributed by atoms with Crippen LogP contribution in [0.4, 0.5) is 0 Å². The maximum Gasteiger partial charge on any atom is 0.0705 e. The summed E-state index contributed by atoms with van der Waals surface area (Å²) in [6, 6.07) is 8.25. The predicted octanol–water partition coefficient (Wildman–Crippen LogP) is 2.93. The van der Waals surface area contributed by atoms with E-state index >= 15 is 0 Å². The van der Waals surface area contributed by atoms with Gasteiger partial charge in [0.15, 0.2) is 0 Å². The minimum absolute atomic E-state index is 0.189. The van der Waals surface area contributed by atoms with E-state index in [0.717, 1.165) is 21.6 Å². The SMILES string of the molecule is CC(CO)C(C)NCc1[nH]c2ccccc2c1Cl. The van der Waals surface area contributed by atoms with Crippen LogP contribution in [0.25, 0.3) is 10.9 Å². The predicted molar refractivity (Wildman–Crippen MR) is 75.9 cm³/mol. The van der Waals surface area contributed by atoms with Gasteiger partial charge in [0.1, 0.15) is 0 Å². The Morgan fingerprint density at radius 3 is 2.72 bits per heavy atom. The van der Waals surface area contributed by atoms with Gasteiger partial charge < -0.3 is 15.4 Å². The molecule has 2 rings (SSSR count). The van der Waals surface area contributed by atoms with Crippen LogP contribution in [0.2, 0.25) is 5.02 Å². The molecule has 3 nitrogen and oxygen atoms in total. The number of rotatable bonds is 5. The average Bonchev–Trinajstić information content (AvgIpc) is 2.72. The lowest BCUT2D eigenvalue weighted by Crippen LogP contribution is -2.33. The molecule has 0 spiro atoms. The highest BCUT2D eigenvalue weighted by molar-refractivity contribution is 6.36. The van der Waals surface area contributed by atoms with E-state index in [9.17, 15) is 0 Å². The third-order valence-electron chi connectivity index (χ3n) is 3.46. The number of hydrogen-bond donors (Lipinski definition) is 3. The van der Waals surface area contributed by atoms with Gasteiger partial charge in [0.2, 0.25) is 0 Å². The van der Waals surface area contributed by atoms with Gasteiger partial charge in [-0.2, -0.15) is 0 Å². The monoisotopic (exact) mass is 266 g/mol. The first-order valence-corrected chi connectivity index (χ1v) is 6.60. The Bertz CT molecular complexity index is 523. The van der Waals surface area contributed by atoms with E-state index in [1.54, 1.807) is 0 Å². The molecule has 3 N–H and O–H groups in total. The fraction of sp³-hybridized carbons (Fsp3) is 0.429. The van der Waals surface area contributed by atoms with Gasteiger partial charge in [0.25, 0.3) is 0 Å². The zero-order chi connectivity index (χ0) is 13.1. The van der Waals surface area contributed by atoms with Gasteiger partial charge in [-0.3, -0.25) is 0 Å². The fourth-order valence-corrected chi connectivity index (χ4v) is 2.19. The first kappa shape index (κ1) is 13.4. The summed E-state index contributed by atoms with van der Waals surface area (Å²) < 4.78 is 0. The summed E-state index contributed by atoms with van der Waals surface area (Å²) in [5.41, 5.74) is 2.05. The highest BCUT2D eigenvalue weighted by Gasteiger charge is 2.13. The number of hydrogen-bond acceptors (Lipinski definition) is 2. The van der Waals surface area contributed by atoms with E-state index in [4.69, 9.17) is 16.7 Å². The molecule has 18 heavy (non-hydrogen) atoms. The van der Waals surface area contributed by atoms with Gasteiger partial charge >= 0.3 is 0 Å². The van der Waals surface area contributed by atoms with Crippen molar-refractivity contribution in [2.75, 3.05) is 6.61 Å². The molecule has 0 fully saturated rings. The van der Waals surface area contributed by atoms with Gasteiger partial charge in [-0.25, -0.2) is 0 Å². The van der Waals surface area contributed by atoms with Crippen LogP contribution in [0, 0.1) is 5.92 Å². The summed E-state index contributed by atoms with van der Waals surface area (Å²) in [5.74, 6) is 0.230. The number of aromatic amines is 1. The summed E-state index contributed by atoms with van der Waals surface area (Å²) in [4.78, 5) is 3.32. The highest BCUT2D eigenvalue weighted by atomic mass is 35.5. The Morgan fingerprint density at radius 2 is 2.06 bits per heavy atom. The molecule has 98 valence electrons. The lowest BCUT2D eigenvalue weighted by molar-refractivity contribution is 0.207. The second-order valence-electron chi connectivity index (χ2n) is 4.79. The van der Waals surface area contributed by atoms with Gasteiger partial charge in [0, 0.05) is 35.8 Å². The third kappa shape index (κ3) is 2.69. The van der Waals surface area contributed by atoms with Crippen molar-refractivity contribution >= 4 is 22.5 Å². The number of para-hydroxylation sites is 1. The van der Waals surface area contributed by atoms with Crippen molar-refractivity contribution in [2.45, 2.75) is 26.4 Å². The smallest absolute Gasteiger partial charge is 0.0705 e. The van der Waals surface area contributed by atoms with Crippen molar-refractivity contribution in [1.82, 2.24) is 10.3 Å². The van der Waals surface area contributed by atoms with Crippen LogP contribution in [0.5, 0.6) is 0 Å². The van der Waals surface area contributed by atoms with E-state index in [1.807, 2.05) is 31.2 Å². The quantitative estimate of drug-likeness (QED) is 0.779. The number of H-pyrrole nitrogens is 1. The molecule has 0 aliphatic heterocycles. The van der Waals surface area contributed by atoms with E-state index < -0.39 is 0 Å². The number of nitrogens with one attached hydrogen (secondary N) is 2. The van der Waals surface area contributed by atoms with Crippen molar-refractivity contribution in [3.05, 3.63) is 35.0 Å². The summed E-state index contributed by atoms with van der Waals surface area (Å²) in [6.45, 7) is 4.95. The molecule has 0 bridgehead atoms. The number of fused-ring (bicyclic) bond motifs is 1. The normalized spacial score (nSPS) is 14.9. The Morgan fingerprint density at radius 1 is 1.33 bits per heavy atom. The fourth-order valence-electron chi connectivity index (χ4n) is 1.91. The van der Waals surface area contributed by atoms with Crippen LogP contribution >= 0.6 is 11.6 Å². The number of halogens is 1. The summed E-state index contributed by atoms with van der Waals surface area (Å²) in [7, 11) is 0. The van der Waals surface area contributed by atoms with Crippen LogP contribution < -0.4 is 5.32 Å².